The molecule has 2 saturated heterocycles. The van der Waals surface area contributed by atoms with E-state index >= 15 is 0 Å². The Balaban J connectivity index is 1.67. The van der Waals surface area contributed by atoms with E-state index in [9.17, 15) is 19.1 Å². The maximum atomic E-state index is 13.1. The Morgan fingerprint density at radius 1 is 1.08 bits per heavy atom. The Kier molecular flexibility index (Phi) is 5.14. The third-order valence-corrected chi connectivity index (χ3v) is 5.08. The zero-order valence-corrected chi connectivity index (χ0v) is 13.7. The van der Waals surface area contributed by atoms with Crippen LogP contribution in [0.4, 0.5) is 4.39 Å². The molecule has 0 saturated carbocycles. The molecule has 0 aromatic heterocycles. The van der Waals surface area contributed by atoms with Crippen LogP contribution in [-0.2, 0) is 9.59 Å². The standard InChI is InChI=1S/C18H23FN2O3/c19-14-6-4-13(5-7-14)15-10-20(11-16(15)18(23)24)12-17(22)21-8-2-1-3-9-21/h4-7,15-16H,1-3,8-12H2,(H,23,24)/t15-,16+/m0/s1. The molecule has 2 aliphatic rings. The van der Waals surface area contributed by atoms with Gasteiger partial charge in [-0.25, -0.2) is 4.39 Å². The van der Waals surface area contributed by atoms with Gasteiger partial charge in [-0.05, 0) is 37.0 Å². The molecule has 2 heterocycles. The van der Waals surface area contributed by atoms with Crippen molar-refractivity contribution in [1.82, 2.24) is 9.80 Å². The summed E-state index contributed by atoms with van der Waals surface area (Å²) >= 11 is 0. The Morgan fingerprint density at radius 2 is 1.75 bits per heavy atom. The highest BCUT2D eigenvalue weighted by Crippen LogP contribution is 2.33. The molecule has 130 valence electrons. The van der Waals surface area contributed by atoms with E-state index in [1.54, 1.807) is 12.1 Å². The summed E-state index contributed by atoms with van der Waals surface area (Å²) in [4.78, 5) is 27.8. The highest BCUT2D eigenvalue weighted by molar-refractivity contribution is 5.79. The smallest absolute Gasteiger partial charge is 0.308 e. The van der Waals surface area contributed by atoms with Gasteiger partial charge in [-0.1, -0.05) is 12.1 Å². The number of aliphatic carboxylic acids is 1. The summed E-state index contributed by atoms with van der Waals surface area (Å²) in [7, 11) is 0. The Hall–Kier alpha value is -1.95. The topological polar surface area (TPSA) is 60.9 Å². The van der Waals surface area contributed by atoms with Crippen molar-refractivity contribution in [2.24, 2.45) is 5.92 Å². The molecule has 0 unspecified atom stereocenters. The zero-order chi connectivity index (χ0) is 17.1. The molecule has 0 aliphatic carbocycles. The molecule has 1 aromatic rings. The van der Waals surface area contributed by atoms with E-state index in [2.05, 4.69) is 0 Å². The number of carbonyl (C=O) groups is 2. The summed E-state index contributed by atoms with van der Waals surface area (Å²) in [6.45, 7) is 2.74. The first-order valence-corrected chi connectivity index (χ1v) is 8.53. The number of benzene rings is 1. The van der Waals surface area contributed by atoms with Crippen LogP contribution in [-0.4, -0.2) is 59.5 Å². The molecule has 5 nitrogen and oxygen atoms in total. The van der Waals surface area contributed by atoms with E-state index in [1.165, 1.54) is 18.6 Å². The molecular weight excluding hydrogens is 311 g/mol. The summed E-state index contributed by atoms with van der Waals surface area (Å²) < 4.78 is 13.1. The van der Waals surface area contributed by atoms with Crippen molar-refractivity contribution in [1.29, 1.82) is 0 Å². The third-order valence-electron chi connectivity index (χ3n) is 5.08. The molecule has 24 heavy (non-hydrogen) atoms. The molecular formula is C18H23FN2O3. The molecule has 6 heteroatoms. The fourth-order valence-corrected chi connectivity index (χ4v) is 3.75. The zero-order valence-electron chi connectivity index (χ0n) is 13.7. The van der Waals surface area contributed by atoms with Gasteiger partial charge in [0, 0.05) is 32.1 Å². The number of hydrogen-bond acceptors (Lipinski definition) is 3. The second kappa shape index (κ2) is 7.30. The first-order chi connectivity index (χ1) is 11.5. The number of amides is 1. The molecule has 2 aliphatic heterocycles. The summed E-state index contributed by atoms with van der Waals surface area (Å²) in [5.41, 5.74) is 0.816. The Labute approximate surface area is 141 Å². The van der Waals surface area contributed by atoms with E-state index < -0.39 is 11.9 Å². The summed E-state index contributed by atoms with van der Waals surface area (Å²) in [6.07, 6.45) is 3.25. The van der Waals surface area contributed by atoms with Gasteiger partial charge in [-0.15, -0.1) is 0 Å². The van der Waals surface area contributed by atoms with E-state index in [0.717, 1.165) is 31.5 Å². The van der Waals surface area contributed by atoms with Crippen LogP contribution in [0.3, 0.4) is 0 Å². The molecule has 2 fully saturated rings. The van der Waals surface area contributed by atoms with Crippen LogP contribution in [0.15, 0.2) is 24.3 Å². The van der Waals surface area contributed by atoms with Crippen molar-refractivity contribution in [3.8, 4) is 0 Å². The minimum atomic E-state index is -0.864. The van der Waals surface area contributed by atoms with Gasteiger partial charge in [-0.3, -0.25) is 14.5 Å². The number of carbonyl (C=O) groups excluding carboxylic acids is 1. The van der Waals surface area contributed by atoms with Gasteiger partial charge in [0.2, 0.25) is 5.91 Å². The first-order valence-electron chi connectivity index (χ1n) is 8.53. The van der Waals surface area contributed by atoms with Crippen LogP contribution in [0.25, 0.3) is 0 Å². The lowest BCUT2D eigenvalue weighted by Gasteiger charge is -2.28. The van der Waals surface area contributed by atoms with Gasteiger partial charge in [0.25, 0.3) is 0 Å². The summed E-state index contributed by atoms with van der Waals surface area (Å²) in [5.74, 6) is -1.89. The van der Waals surface area contributed by atoms with Gasteiger partial charge in [0.05, 0.1) is 12.5 Å². The third kappa shape index (κ3) is 3.75. The number of nitrogens with zero attached hydrogens (tertiary/aromatic N) is 2. The number of carboxylic acid groups (broad SMARTS) is 1. The molecule has 0 bridgehead atoms. The monoisotopic (exact) mass is 334 g/mol. The SMILES string of the molecule is O=C(O)[C@@H]1CN(CC(=O)N2CCCCC2)C[C@H]1c1ccc(F)cc1. The van der Waals surface area contributed by atoms with Crippen LogP contribution in [0.1, 0.15) is 30.7 Å². The van der Waals surface area contributed by atoms with Crippen molar-refractivity contribution < 1.29 is 19.1 Å². The Morgan fingerprint density at radius 3 is 2.38 bits per heavy atom. The normalized spacial score (nSPS) is 25.0. The van der Waals surface area contributed by atoms with Crippen molar-refractivity contribution in [2.75, 3.05) is 32.7 Å². The molecule has 2 atom stereocenters. The summed E-state index contributed by atoms with van der Waals surface area (Å²) in [6, 6.07) is 6.00. The van der Waals surface area contributed by atoms with Gasteiger partial charge in [0.1, 0.15) is 5.82 Å². The molecule has 0 radical (unpaired) electrons. The first kappa shape index (κ1) is 16.9. The number of likely N-dealkylation sites (tertiary alicyclic amines) is 2. The average molecular weight is 334 g/mol. The average Bonchev–Trinajstić information content (AvgIpc) is 3.00. The van der Waals surface area contributed by atoms with E-state index in [1.807, 2.05) is 9.80 Å². The lowest BCUT2D eigenvalue weighted by atomic mass is 9.89. The predicted molar refractivity (Wildman–Crippen MR) is 87.1 cm³/mol. The fourth-order valence-electron chi connectivity index (χ4n) is 3.75. The quantitative estimate of drug-likeness (QED) is 0.914. The van der Waals surface area contributed by atoms with Gasteiger partial charge in [0.15, 0.2) is 0 Å². The van der Waals surface area contributed by atoms with E-state index in [4.69, 9.17) is 0 Å². The predicted octanol–water partition coefficient (Wildman–Crippen LogP) is 1.94. The Bertz CT molecular complexity index is 599. The van der Waals surface area contributed by atoms with Crippen LogP contribution in [0, 0.1) is 11.7 Å². The number of hydrogen-bond donors (Lipinski definition) is 1. The lowest BCUT2D eigenvalue weighted by molar-refractivity contribution is -0.142. The second-order valence-electron chi connectivity index (χ2n) is 6.74. The number of carboxylic acids is 1. The minimum absolute atomic E-state index is 0.0820. The van der Waals surface area contributed by atoms with Crippen LogP contribution >= 0.6 is 0 Å². The number of rotatable bonds is 4. The second-order valence-corrected chi connectivity index (χ2v) is 6.74. The maximum absolute atomic E-state index is 13.1. The highest BCUT2D eigenvalue weighted by Gasteiger charge is 2.39. The van der Waals surface area contributed by atoms with Crippen LogP contribution < -0.4 is 0 Å². The minimum Gasteiger partial charge on any atom is -0.481 e. The van der Waals surface area contributed by atoms with E-state index in [-0.39, 0.29) is 24.2 Å². The molecule has 0 spiro atoms. The van der Waals surface area contributed by atoms with Crippen molar-refractivity contribution >= 4 is 11.9 Å². The summed E-state index contributed by atoms with van der Waals surface area (Å²) in [5, 5.41) is 9.50. The molecule has 3 rings (SSSR count). The van der Waals surface area contributed by atoms with Gasteiger partial charge >= 0.3 is 5.97 Å². The van der Waals surface area contributed by atoms with Crippen molar-refractivity contribution in [2.45, 2.75) is 25.2 Å². The van der Waals surface area contributed by atoms with Crippen LogP contribution in [0.5, 0.6) is 0 Å². The van der Waals surface area contributed by atoms with Crippen LogP contribution in [0.2, 0.25) is 0 Å². The molecule has 1 amide bonds. The maximum Gasteiger partial charge on any atom is 0.308 e. The highest BCUT2D eigenvalue weighted by atomic mass is 19.1. The lowest BCUT2D eigenvalue weighted by Crippen LogP contribution is -2.42. The van der Waals surface area contributed by atoms with E-state index in [0.29, 0.717) is 13.1 Å². The van der Waals surface area contributed by atoms with Crippen molar-refractivity contribution in [3.63, 3.8) is 0 Å². The van der Waals surface area contributed by atoms with Crippen molar-refractivity contribution in [3.05, 3.63) is 35.6 Å². The molecule has 1 aromatic carbocycles. The molecule has 1 N–H and O–H groups in total. The number of halogens is 1. The van der Waals surface area contributed by atoms with Gasteiger partial charge < -0.3 is 10.0 Å². The van der Waals surface area contributed by atoms with Gasteiger partial charge in [-0.2, -0.15) is 0 Å². The largest absolute Gasteiger partial charge is 0.481 e. The number of piperidine rings is 1. The fraction of sp³-hybridized carbons (Fsp3) is 0.556.